The molecule has 0 aromatic heterocycles. The second-order valence-electron chi connectivity index (χ2n) is 3.97. The lowest BCUT2D eigenvalue weighted by Crippen LogP contribution is -2.38. The van der Waals surface area contributed by atoms with Crippen LogP contribution in [0.15, 0.2) is 18.2 Å². The molecule has 0 aliphatic carbocycles. The van der Waals surface area contributed by atoms with Gasteiger partial charge in [-0.1, -0.05) is 6.07 Å². The van der Waals surface area contributed by atoms with Crippen LogP contribution in [-0.2, 0) is 11.2 Å². The van der Waals surface area contributed by atoms with Gasteiger partial charge in [0.05, 0.1) is 12.7 Å². The molecule has 1 unspecified atom stereocenters. The number of halogens is 2. The van der Waals surface area contributed by atoms with E-state index in [0.29, 0.717) is 18.6 Å². The normalized spacial score (nSPS) is 21.0. The van der Waals surface area contributed by atoms with E-state index in [1.54, 1.807) is 0 Å². The van der Waals surface area contributed by atoms with Gasteiger partial charge in [0.1, 0.15) is 11.6 Å². The van der Waals surface area contributed by atoms with E-state index >= 15 is 0 Å². The molecular formula is C12H15F2NO. The Bertz CT molecular complexity index is 351. The summed E-state index contributed by atoms with van der Waals surface area (Å²) in [7, 11) is 0. The summed E-state index contributed by atoms with van der Waals surface area (Å²) in [5, 5.41) is 3.22. The van der Waals surface area contributed by atoms with E-state index in [2.05, 4.69) is 5.32 Å². The fourth-order valence-corrected chi connectivity index (χ4v) is 1.85. The first-order chi connectivity index (χ1) is 7.75. The third-order valence-electron chi connectivity index (χ3n) is 2.76. The summed E-state index contributed by atoms with van der Waals surface area (Å²) in [6, 6.07) is 3.72. The minimum atomic E-state index is -0.531. The third kappa shape index (κ3) is 3.00. The van der Waals surface area contributed by atoms with E-state index in [1.165, 1.54) is 12.1 Å². The number of ether oxygens (including phenoxy) is 1. The zero-order valence-corrected chi connectivity index (χ0v) is 9.01. The molecule has 88 valence electrons. The molecule has 2 rings (SSSR count). The van der Waals surface area contributed by atoms with Gasteiger partial charge >= 0.3 is 0 Å². The summed E-state index contributed by atoms with van der Waals surface area (Å²) in [6.45, 7) is 2.39. The number of benzene rings is 1. The van der Waals surface area contributed by atoms with Crippen molar-refractivity contribution in [3.8, 4) is 0 Å². The number of aryl methyl sites for hydroxylation is 1. The van der Waals surface area contributed by atoms with E-state index in [0.717, 1.165) is 25.6 Å². The highest BCUT2D eigenvalue weighted by Gasteiger charge is 2.14. The maximum absolute atomic E-state index is 13.3. The Balaban J connectivity index is 1.88. The van der Waals surface area contributed by atoms with Crippen molar-refractivity contribution in [2.75, 3.05) is 19.7 Å². The molecule has 1 aliphatic heterocycles. The Morgan fingerprint density at radius 1 is 1.38 bits per heavy atom. The Morgan fingerprint density at radius 2 is 2.25 bits per heavy atom. The van der Waals surface area contributed by atoms with Crippen LogP contribution in [0.3, 0.4) is 0 Å². The van der Waals surface area contributed by atoms with Crippen molar-refractivity contribution in [1.29, 1.82) is 0 Å². The van der Waals surface area contributed by atoms with Crippen LogP contribution in [-0.4, -0.2) is 25.8 Å². The molecule has 2 nitrogen and oxygen atoms in total. The quantitative estimate of drug-likeness (QED) is 0.851. The van der Waals surface area contributed by atoms with Crippen LogP contribution in [0.4, 0.5) is 8.78 Å². The SMILES string of the molecule is Fc1ccc(CCC2CNCCO2)c(F)c1. The third-order valence-corrected chi connectivity index (χ3v) is 2.76. The molecule has 1 heterocycles. The maximum atomic E-state index is 13.3. The van der Waals surface area contributed by atoms with Gasteiger partial charge in [-0.2, -0.15) is 0 Å². The summed E-state index contributed by atoms with van der Waals surface area (Å²) in [5.74, 6) is -0.999. The van der Waals surface area contributed by atoms with E-state index in [4.69, 9.17) is 4.74 Å². The molecule has 0 radical (unpaired) electrons. The minimum absolute atomic E-state index is 0.137. The maximum Gasteiger partial charge on any atom is 0.129 e. The van der Waals surface area contributed by atoms with Gasteiger partial charge in [0.25, 0.3) is 0 Å². The van der Waals surface area contributed by atoms with Gasteiger partial charge in [-0.25, -0.2) is 8.78 Å². The number of nitrogens with one attached hydrogen (secondary N) is 1. The van der Waals surface area contributed by atoms with Crippen molar-refractivity contribution in [2.24, 2.45) is 0 Å². The van der Waals surface area contributed by atoms with Crippen LogP contribution in [0.5, 0.6) is 0 Å². The number of rotatable bonds is 3. The smallest absolute Gasteiger partial charge is 0.129 e. The summed E-state index contributed by atoms with van der Waals surface area (Å²) in [4.78, 5) is 0. The van der Waals surface area contributed by atoms with Crippen LogP contribution in [0.25, 0.3) is 0 Å². The first-order valence-corrected chi connectivity index (χ1v) is 5.52. The molecule has 1 aromatic rings. The van der Waals surface area contributed by atoms with E-state index in [1.807, 2.05) is 0 Å². The van der Waals surface area contributed by atoms with Gasteiger partial charge in [0, 0.05) is 19.2 Å². The molecule has 4 heteroatoms. The molecule has 0 bridgehead atoms. The standard InChI is InChI=1S/C12H15F2NO/c13-10-3-1-9(12(14)7-10)2-4-11-8-15-5-6-16-11/h1,3,7,11,15H,2,4-6,8H2. The molecule has 1 fully saturated rings. The summed E-state index contributed by atoms with van der Waals surface area (Å²) < 4.78 is 31.5. The van der Waals surface area contributed by atoms with Crippen LogP contribution >= 0.6 is 0 Å². The molecule has 1 aromatic carbocycles. The minimum Gasteiger partial charge on any atom is -0.376 e. The van der Waals surface area contributed by atoms with E-state index in [9.17, 15) is 8.78 Å². The molecule has 0 saturated carbocycles. The summed E-state index contributed by atoms with van der Waals surface area (Å²) in [5.41, 5.74) is 0.551. The Kier molecular flexibility index (Phi) is 3.85. The largest absolute Gasteiger partial charge is 0.376 e. The number of hydrogen-bond acceptors (Lipinski definition) is 2. The fraction of sp³-hybridized carbons (Fsp3) is 0.500. The van der Waals surface area contributed by atoms with Crippen LogP contribution < -0.4 is 5.32 Å². The van der Waals surface area contributed by atoms with Gasteiger partial charge in [0.15, 0.2) is 0 Å². The van der Waals surface area contributed by atoms with Crippen molar-refractivity contribution in [3.05, 3.63) is 35.4 Å². The van der Waals surface area contributed by atoms with E-state index in [-0.39, 0.29) is 6.10 Å². The summed E-state index contributed by atoms with van der Waals surface area (Å²) in [6.07, 6.45) is 1.48. The van der Waals surface area contributed by atoms with Crippen LogP contribution in [0, 0.1) is 11.6 Å². The molecule has 1 N–H and O–H groups in total. The van der Waals surface area contributed by atoms with Crippen molar-refractivity contribution in [1.82, 2.24) is 5.32 Å². The molecule has 1 atom stereocenters. The van der Waals surface area contributed by atoms with E-state index < -0.39 is 11.6 Å². The van der Waals surface area contributed by atoms with Gasteiger partial charge < -0.3 is 10.1 Å². The van der Waals surface area contributed by atoms with Gasteiger partial charge in [-0.3, -0.25) is 0 Å². The Labute approximate surface area is 93.6 Å². The molecule has 0 amide bonds. The molecular weight excluding hydrogens is 212 g/mol. The topological polar surface area (TPSA) is 21.3 Å². The fourth-order valence-electron chi connectivity index (χ4n) is 1.85. The lowest BCUT2D eigenvalue weighted by molar-refractivity contribution is 0.0237. The second kappa shape index (κ2) is 5.37. The predicted molar refractivity (Wildman–Crippen MR) is 57.3 cm³/mol. The molecule has 0 spiro atoms. The highest BCUT2D eigenvalue weighted by Crippen LogP contribution is 2.14. The van der Waals surface area contributed by atoms with Crippen molar-refractivity contribution >= 4 is 0 Å². The lowest BCUT2D eigenvalue weighted by atomic mass is 10.1. The Hall–Kier alpha value is -1.00. The highest BCUT2D eigenvalue weighted by molar-refractivity contribution is 5.18. The van der Waals surface area contributed by atoms with Crippen LogP contribution in [0.2, 0.25) is 0 Å². The zero-order chi connectivity index (χ0) is 11.4. The first kappa shape index (κ1) is 11.5. The molecule has 1 aliphatic rings. The average Bonchev–Trinajstić information content (AvgIpc) is 2.29. The lowest BCUT2D eigenvalue weighted by Gasteiger charge is -2.23. The number of hydrogen-bond donors (Lipinski definition) is 1. The van der Waals surface area contributed by atoms with Gasteiger partial charge in [0.2, 0.25) is 0 Å². The first-order valence-electron chi connectivity index (χ1n) is 5.52. The van der Waals surface area contributed by atoms with Crippen LogP contribution in [0.1, 0.15) is 12.0 Å². The Morgan fingerprint density at radius 3 is 2.94 bits per heavy atom. The summed E-state index contributed by atoms with van der Waals surface area (Å²) >= 11 is 0. The average molecular weight is 227 g/mol. The van der Waals surface area contributed by atoms with Crippen molar-refractivity contribution < 1.29 is 13.5 Å². The van der Waals surface area contributed by atoms with Gasteiger partial charge in [-0.15, -0.1) is 0 Å². The molecule has 16 heavy (non-hydrogen) atoms. The monoisotopic (exact) mass is 227 g/mol. The van der Waals surface area contributed by atoms with Crippen molar-refractivity contribution in [3.63, 3.8) is 0 Å². The second-order valence-corrected chi connectivity index (χ2v) is 3.97. The predicted octanol–water partition coefficient (Wildman–Crippen LogP) is 1.89. The number of morpholine rings is 1. The highest BCUT2D eigenvalue weighted by atomic mass is 19.1. The van der Waals surface area contributed by atoms with Gasteiger partial charge in [-0.05, 0) is 24.5 Å². The molecule has 1 saturated heterocycles. The zero-order valence-electron chi connectivity index (χ0n) is 9.01. The van der Waals surface area contributed by atoms with Crippen molar-refractivity contribution in [2.45, 2.75) is 18.9 Å².